The van der Waals surface area contributed by atoms with E-state index in [1.54, 1.807) is 6.07 Å². The molecular formula is C10H10N4O3S. The minimum Gasteiger partial charge on any atom is -0.383 e. The molecule has 0 fully saturated rings. The van der Waals surface area contributed by atoms with E-state index in [0.29, 0.717) is 11.1 Å². The standard InChI is InChI=1S/C10H10N4O3S/c11-9-8(5-13-10(12)14-9)6-2-1-3-7(4-6)18(15,16)17/h1-5H,(H,15,16,17)(H4,11,12,13,14). The summed E-state index contributed by atoms with van der Waals surface area (Å²) < 4.78 is 31.0. The van der Waals surface area contributed by atoms with E-state index in [-0.39, 0.29) is 16.7 Å². The summed E-state index contributed by atoms with van der Waals surface area (Å²) in [5.41, 5.74) is 12.0. The zero-order chi connectivity index (χ0) is 13.3. The van der Waals surface area contributed by atoms with Crippen LogP contribution < -0.4 is 11.5 Å². The number of hydrogen-bond donors (Lipinski definition) is 3. The van der Waals surface area contributed by atoms with E-state index >= 15 is 0 Å². The van der Waals surface area contributed by atoms with Gasteiger partial charge in [-0.25, -0.2) is 4.98 Å². The molecule has 0 saturated heterocycles. The van der Waals surface area contributed by atoms with Crippen LogP contribution in [0.3, 0.4) is 0 Å². The number of nitrogens with two attached hydrogens (primary N) is 2. The second-order valence-corrected chi connectivity index (χ2v) is 4.95. The van der Waals surface area contributed by atoms with Gasteiger partial charge in [-0.2, -0.15) is 13.4 Å². The molecule has 0 aliphatic rings. The summed E-state index contributed by atoms with van der Waals surface area (Å²) in [4.78, 5) is 7.33. The number of nitrogen functional groups attached to an aromatic ring is 2. The molecule has 0 spiro atoms. The van der Waals surface area contributed by atoms with Crippen molar-refractivity contribution in [2.24, 2.45) is 0 Å². The van der Waals surface area contributed by atoms with Crippen molar-refractivity contribution >= 4 is 21.9 Å². The Hall–Kier alpha value is -2.19. The molecule has 2 rings (SSSR count). The first-order valence-corrected chi connectivity index (χ1v) is 6.28. The van der Waals surface area contributed by atoms with Crippen molar-refractivity contribution in [1.29, 1.82) is 0 Å². The molecule has 18 heavy (non-hydrogen) atoms. The fourth-order valence-electron chi connectivity index (χ4n) is 1.46. The number of benzene rings is 1. The van der Waals surface area contributed by atoms with Gasteiger partial charge in [-0.1, -0.05) is 12.1 Å². The smallest absolute Gasteiger partial charge is 0.294 e. The number of nitrogens with zero attached hydrogens (tertiary/aromatic N) is 2. The molecule has 8 heteroatoms. The highest BCUT2D eigenvalue weighted by Gasteiger charge is 2.12. The zero-order valence-corrected chi connectivity index (χ0v) is 9.92. The number of hydrogen-bond acceptors (Lipinski definition) is 6. The van der Waals surface area contributed by atoms with Crippen LogP contribution in [-0.2, 0) is 10.1 Å². The number of aromatic nitrogens is 2. The lowest BCUT2D eigenvalue weighted by Gasteiger charge is -2.06. The fourth-order valence-corrected chi connectivity index (χ4v) is 1.98. The van der Waals surface area contributed by atoms with Crippen LogP contribution in [0.4, 0.5) is 11.8 Å². The van der Waals surface area contributed by atoms with Crippen LogP contribution in [0.25, 0.3) is 11.1 Å². The van der Waals surface area contributed by atoms with Gasteiger partial charge in [0, 0.05) is 11.8 Å². The molecule has 0 bridgehead atoms. The Morgan fingerprint density at radius 3 is 2.56 bits per heavy atom. The number of anilines is 2. The average Bonchev–Trinajstić information content (AvgIpc) is 2.28. The van der Waals surface area contributed by atoms with Gasteiger partial charge in [0.05, 0.1) is 4.90 Å². The highest BCUT2D eigenvalue weighted by Crippen LogP contribution is 2.25. The Balaban J connectivity index is 2.58. The van der Waals surface area contributed by atoms with Gasteiger partial charge in [-0.3, -0.25) is 4.55 Å². The van der Waals surface area contributed by atoms with E-state index in [4.69, 9.17) is 16.0 Å². The van der Waals surface area contributed by atoms with Crippen molar-refractivity contribution in [2.45, 2.75) is 4.90 Å². The normalized spacial score (nSPS) is 11.4. The van der Waals surface area contributed by atoms with Crippen molar-refractivity contribution < 1.29 is 13.0 Å². The number of rotatable bonds is 2. The van der Waals surface area contributed by atoms with Gasteiger partial charge in [0.25, 0.3) is 10.1 Å². The van der Waals surface area contributed by atoms with Crippen molar-refractivity contribution in [2.75, 3.05) is 11.5 Å². The van der Waals surface area contributed by atoms with Crippen LogP contribution in [0.15, 0.2) is 35.4 Å². The average molecular weight is 266 g/mol. The molecule has 1 heterocycles. The lowest BCUT2D eigenvalue weighted by molar-refractivity contribution is 0.483. The summed E-state index contributed by atoms with van der Waals surface area (Å²) in [5, 5.41) is 0. The molecule has 0 unspecified atom stereocenters. The van der Waals surface area contributed by atoms with Crippen LogP contribution in [0.5, 0.6) is 0 Å². The molecule has 0 amide bonds. The zero-order valence-electron chi connectivity index (χ0n) is 9.11. The van der Waals surface area contributed by atoms with Gasteiger partial charge >= 0.3 is 0 Å². The maximum absolute atomic E-state index is 11.0. The predicted molar refractivity (Wildman–Crippen MR) is 66.1 cm³/mol. The molecule has 1 aromatic carbocycles. The Kier molecular flexibility index (Phi) is 2.89. The highest BCUT2D eigenvalue weighted by atomic mass is 32.2. The maximum atomic E-state index is 11.0. The Bertz CT molecular complexity index is 700. The summed E-state index contributed by atoms with van der Waals surface area (Å²) in [6, 6.07) is 5.65. The highest BCUT2D eigenvalue weighted by molar-refractivity contribution is 7.85. The van der Waals surface area contributed by atoms with E-state index in [9.17, 15) is 8.42 Å². The second kappa shape index (κ2) is 4.24. The van der Waals surface area contributed by atoms with E-state index in [1.165, 1.54) is 24.4 Å². The topological polar surface area (TPSA) is 132 Å². The molecule has 7 nitrogen and oxygen atoms in total. The third kappa shape index (κ3) is 2.39. The van der Waals surface area contributed by atoms with Crippen LogP contribution >= 0.6 is 0 Å². The SMILES string of the molecule is Nc1ncc(-c2cccc(S(=O)(=O)O)c2)c(N)n1. The molecule has 2 aromatic rings. The first-order chi connectivity index (χ1) is 8.38. The van der Waals surface area contributed by atoms with Crippen LogP contribution in [0, 0.1) is 0 Å². The molecule has 1 aromatic heterocycles. The first kappa shape index (κ1) is 12.3. The molecular weight excluding hydrogens is 256 g/mol. The van der Waals surface area contributed by atoms with Crippen molar-refractivity contribution in [3.8, 4) is 11.1 Å². The fraction of sp³-hybridized carbons (Fsp3) is 0. The quantitative estimate of drug-likeness (QED) is 0.676. The summed E-state index contributed by atoms with van der Waals surface area (Å²) in [6.07, 6.45) is 1.39. The molecule has 94 valence electrons. The molecule has 0 radical (unpaired) electrons. The van der Waals surface area contributed by atoms with Crippen molar-refractivity contribution in [1.82, 2.24) is 9.97 Å². The minimum absolute atomic E-state index is 0.0298. The molecule has 0 atom stereocenters. The minimum atomic E-state index is -4.26. The van der Waals surface area contributed by atoms with Gasteiger partial charge in [-0.05, 0) is 17.7 Å². The van der Waals surface area contributed by atoms with E-state index in [1.807, 2.05) is 0 Å². The van der Waals surface area contributed by atoms with E-state index in [2.05, 4.69) is 9.97 Å². The lowest BCUT2D eigenvalue weighted by atomic mass is 10.1. The van der Waals surface area contributed by atoms with Gasteiger partial charge in [0.1, 0.15) is 5.82 Å². The van der Waals surface area contributed by atoms with Gasteiger partial charge in [-0.15, -0.1) is 0 Å². The monoisotopic (exact) mass is 266 g/mol. The lowest BCUT2D eigenvalue weighted by Crippen LogP contribution is -2.02. The summed E-state index contributed by atoms with van der Waals surface area (Å²) in [6.45, 7) is 0. The van der Waals surface area contributed by atoms with Gasteiger partial charge in [0.15, 0.2) is 0 Å². The molecule has 0 aliphatic carbocycles. The molecule has 5 N–H and O–H groups in total. The van der Waals surface area contributed by atoms with Crippen molar-refractivity contribution in [3.63, 3.8) is 0 Å². The van der Waals surface area contributed by atoms with Gasteiger partial charge < -0.3 is 11.5 Å². The largest absolute Gasteiger partial charge is 0.383 e. The summed E-state index contributed by atoms with van der Waals surface area (Å²) in [5.74, 6) is 0.164. The predicted octanol–water partition coefficient (Wildman–Crippen LogP) is 0.555. The van der Waals surface area contributed by atoms with Crippen molar-refractivity contribution in [3.05, 3.63) is 30.5 Å². The summed E-state index contributed by atoms with van der Waals surface area (Å²) >= 11 is 0. The second-order valence-electron chi connectivity index (χ2n) is 3.53. The Morgan fingerprint density at radius 1 is 1.22 bits per heavy atom. The van der Waals surface area contributed by atoms with Crippen LogP contribution in [0.2, 0.25) is 0 Å². The van der Waals surface area contributed by atoms with Crippen LogP contribution in [-0.4, -0.2) is 22.9 Å². The third-order valence-electron chi connectivity index (χ3n) is 2.28. The van der Waals surface area contributed by atoms with Crippen LogP contribution in [0.1, 0.15) is 0 Å². The third-order valence-corrected chi connectivity index (χ3v) is 3.13. The maximum Gasteiger partial charge on any atom is 0.294 e. The Morgan fingerprint density at radius 2 is 1.94 bits per heavy atom. The van der Waals surface area contributed by atoms with E-state index in [0.717, 1.165) is 0 Å². The first-order valence-electron chi connectivity index (χ1n) is 4.84. The van der Waals surface area contributed by atoms with E-state index < -0.39 is 10.1 Å². The molecule has 0 saturated carbocycles. The Labute approximate surface area is 103 Å². The van der Waals surface area contributed by atoms with Gasteiger partial charge in [0.2, 0.25) is 5.95 Å². The summed E-state index contributed by atoms with van der Waals surface area (Å²) in [7, 11) is -4.26. The molecule has 0 aliphatic heterocycles.